The Morgan fingerprint density at radius 1 is 0.909 bits per heavy atom. The van der Waals surface area contributed by atoms with E-state index in [0.717, 1.165) is 21.0 Å². The molecule has 1 atom stereocenters. The van der Waals surface area contributed by atoms with Crippen molar-refractivity contribution in [2.75, 3.05) is 10.8 Å². The first-order valence-corrected chi connectivity index (χ1v) is 12.6. The van der Waals surface area contributed by atoms with Crippen molar-refractivity contribution < 1.29 is 13.2 Å². The molecule has 0 heterocycles. The lowest BCUT2D eigenvalue weighted by Gasteiger charge is -2.26. The Kier molecular flexibility index (Phi) is 7.73. The minimum absolute atomic E-state index is 0.0620. The molecular formula is C25H26Cl2N2O3S. The number of hydrogen-bond acceptors (Lipinski definition) is 3. The monoisotopic (exact) mass is 504 g/mol. The van der Waals surface area contributed by atoms with Gasteiger partial charge in [-0.1, -0.05) is 53.5 Å². The molecule has 0 aliphatic heterocycles. The zero-order valence-electron chi connectivity index (χ0n) is 18.9. The average Bonchev–Trinajstić information content (AvgIpc) is 2.74. The van der Waals surface area contributed by atoms with Crippen molar-refractivity contribution in [3.8, 4) is 0 Å². The maximum Gasteiger partial charge on any atom is 0.264 e. The second-order valence-electron chi connectivity index (χ2n) is 8.03. The molecule has 0 radical (unpaired) electrons. The van der Waals surface area contributed by atoms with Gasteiger partial charge in [0.2, 0.25) is 5.91 Å². The van der Waals surface area contributed by atoms with Gasteiger partial charge in [0.25, 0.3) is 10.0 Å². The number of sulfonamides is 1. The summed E-state index contributed by atoms with van der Waals surface area (Å²) in [4.78, 5) is 13.1. The van der Waals surface area contributed by atoms with Crippen molar-refractivity contribution in [1.29, 1.82) is 0 Å². The minimum Gasteiger partial charge on any atom is -0.348 e. The van der Waals surface area contributed by atoms with Gasteiger partial charge in [-0.15, -0.1) is 0 Å². The number of anilines is 1. The lowest BCUT2D eigenvalue weighted by Crippen LogP contribution is -2.41. The summed E-state index contributed by atoms with van der Waals surface area (Å²) in [6, 6.07) is 16.2. The van der Waals surface area contributed by atoms with Gasteiger partial charge in [0.05, 0.1) is 16.6 Å². The van der Waals surface area contributed by atoms with E-state index >= 15 is 0 Å². The molecule has 33 heavy (non-hydrogen) atoms. The SMILES string of the molecule is Cc1cc(C)c([C@H](C)NC(=O)CN(c2cc(Cl)cc(Cl)c2)S(=O)(=O)c2ccccc2)cc1C. The van der Waals surface area contributed by atoms with Crippen LogP contribution in [0.2, 0.25) is 10.0 Å². The number of rotatable bonds is 7. The number of halogens is 2. The second-order valence-corrected chi connectivity index (χ2v) is 10.8. The molecule has 0 aromatic heterocycles. The largest absolute Gasteiger partial charge is 0.348 e. The lowest BCUT2D eigenvalue weighted by atomic mass is 9.96. The van der Waals surface area contributed by atoms with Crippen LogP contribution >= 0.6 is 23.2 Å². The first-order valence-electron chi connectivity index (χ1n) is 10.4. The van der Waals surface area contributed by atoms with Gasteiger partial charge in [0.15, 0.2) is 0 Å². The quantitative estimate of drug-likeness (QED) is 0.429. The van der Waals surface area contributed by atoms with Gasteiger partial charge in [-0.3, -0.25) is 9.10 Å². The second kappa shape index (κ2) is 10.2. The number of aryl methyl sites for hydroxylation is 3. The Balaban J connectivity index is 1.93. The Labute approximate surface area is 205 Å². The predicted molar refractivity (Wildman–Crippen MR) is 135 cm³/mol. The standard InChI is InChI=1S/C25H26Cl2N2O3S/c1-16-10-18(3)24(11-17(16)2)19(4)28-25(30)15-29(22-13-20(26)12-21(27)14-22)33(31,32)23-8-6-5-7-9-23/h5-14,19H,15H2,1-4H3,(H,28,30)/t19-/m0/s1. The smallest absolute Gasteiger partial charge is 0.264 e. The molecule has 3 aromatic carbocycles. The van der Waals surface area contributed by atoms with Crippen molar-refractivity contribution in [2.45, 2.75) is 38.6 Å². The van der Waals surface area contributed by atoms with Crippen LogP contribution in [0.4, 0.5) is 5.69 Å². The molecule has 3 aromatic rings. The topological polar surface area (TPSA) is 66.5 Å². The molecule has 0 fully saturated rings. The fourth-order valence-electron chi connectivity index (χ4n) is 3.66. The Morgan fingerprint density at radius 2 is 1.48 bits per heavy atom. The molecule has 0 bridgehead atoms. The van der Waals surface area contributed by atoms with Gasteiger partial charge in [0.1, 0.15) is 6.54 Å². The molecule has 1 amide bonds. The van der Waals surface area contributed by atoms with Crippen LogP contribution in [0.15, 0.2) is 65.6 Å². The van der Waals surface area contributed by atoms with Crippen LogP contribution in [0.3, 0.4) is 0 Å². The van der Waals surface area contributed by atoms with Crippen LogP contribution in [0, 0.1) is 20.8 Å². The van der Waals surface area contributed by atoms with Crippen LogP contribution in [0.5, 0.6) is 0 Å². The van der Waals surface area contributed by atoms with E-state index in [1.807, 2.05) is 33.8 Å². The zero-order valence-corrected chi connectivity index (χ0v) is 21.2. The van der Waals surface area contributed by atoms with Crippen molar-refractivity contribution in [3.63, 3.8) is 0 Å². The number of hydrogen-bond donors (Lipinski definition) is 1. The summed E-state index contributed by atoms with van der Waals surface area (Å²) in [6.07, 6.45) is 0. The summed E-state index contributed by atoms with van der Waals surface area (Å²) in [6.45, 7) is 7.50. The van der Waals surface area contributed by atoms with Gasteiger partial charge < -0.3 is 5.32 Å². The Morgan fingerprint density at radius 3 is 2.09 bits per heavy atom. The van der Waals surface area contributed by atoms with E-state index in [1.54, 1.807) is 18.2 Å². The molecule has 0 saturated carbocycles. The molecule has 5 nitrogen and oxygen atoms in total. The lowest BCUT2D eigenvalue weighted by molar-refractivity contribution is -0.120. The fourth-order valence-corrected chi connectivity index (χ4v) is 5.60. The number of carbonyl (C=O) groups is 1. The molecule has 0 spiro atoms. The van der Waals surface area contributed by atoms with E-state index in [4.69, 9.17) is 23.2 Å². The van der Waals surface area contributed by atoms with Crippen LogP contribution < -0.4 is 9.62 Å². The maximum atomic E-state index is 13.4. The summed E-state index contributed by atoms with van der Waals surface area (Å²) in [5.74, 6) is -0.448. The van der Waals surface area contributed by atoms with Crippen LogP contribution in [-0.2, 0) is 14.8 Å². The highest BCUT2D eigenvalue weighted by molar-refractivity contribution is 7.92. The average molecular weight is 505 g/mol. The van der Waals surface area contributed by atoms with Crippen LogP contribution in [0.25, 0.3) is 0 Å². The van der Waals surface area contributed by atoms with E-state index in [0.29, 0.717) is 0 Å². The summed E-state index contributed by atoms with van der Waals surface area (Å²) < 4.78 is 27.9. The van der Waals surface area contributed by atoms with E-state index in [1.165, 1.54) is 35.9 Å². The molecule has 0 aliphatic rings. The van der Waals surface area contributed by atoms with E-state index in [9.17, 15) is 13.2 Å². The molecule has 0 aliphatic carbocycles. The number of amides is 1. The summed E-state index contributed by atoms with van der Waals surface area (Å²) >= 11 is 12.3. The van der Waals surface area contributed by atoms with Crippen molar-refractivity contribution in [2.24, 2.45) is 0 Å². The number of nitrogens with zero attached hydrogens (tertiary/aromatic N) is 1. The first kappa shape index (κ1) is 25.1. The Bertz CT molecular complexity index is 1260. The molecule has 0 saturated heterocycles. The molecule has 174 valence electrons. The van der Waals surface area contributed by atoms with Crippen LogP contribution in [0.1, 0.15) is 35.2 Å². The third-order valence-corrected chi connectivity index (χ3v) is 7.70. The van der Waals surface area contributed by atoms with Crippen molar-refractivity contribution in [1.82, 2.24) is 5.32 Å². The van der Waals surface area contributed by atoms with Gasteiger partial charge >= 0.3 is 0 Å². The summed E-state index contributed by atoms with van der Waals surface area (Å²) in [7, 11) is -4.05. The highest BCUT2D eigenvalue weighted by Crippen LogP contribution is 2.30. The van der Waals surface area contributed by atoms with Gasteiger partial charge in [-0.2, -0.15) is 0 Å². The molecule has 3 rings (SSSR count). The maximum absolute atomic E-state index is 13.4. The number of carbonyl (C=O) groups excluding carboxylic acids is 1. The summed E-state index contributed by atoms with van der Waals surface area (Å²) in [5.41, 5.74) is 4.55. The van der Waals surface area contributed by atoms with Gasteiger partial charge in [0, 0.05) is 10.0 Å². The third-order valence-electron chi connectivity index (χ3n) is 5.48. The third kappa shape index (κ3) is 5.88. The minimum atomic E-state index is -4.05. The normalized spacial score (nSPS) is 12.3. The number of benzene rings is 3. The van der Waals surface area contributed by atoms with Crippen molar-refractivity contribution >= 4 is 44.8 Å². The molecule has 0 unspecified atom stereocenters. The van der Waals surface area contributed by atoms with Gasteiger partial charge in [-0.25, -0.2) is 8.42 Å². The van der Waals surface area contributed by atoms with E-state index < -0.39 is 22.5 Å². The predicted octanol–water partition coefficient (Wildman–Crippen LogP) is 5.99. The first-order chi connectivity index (χ1) is 15.5. The summed E-state index contributed by atoms with van der Waals surface area (Å²) in [5, 5.41) is 3.46. The highest BCUT2D eigenvalue weighted by Gasteiger charge is 2.28. The van der Waals surface area contributed by atoms with Crippen molar-refractivity contribution in [3.05, 3.63) is 93.0 Å². The molecule has 8 heteroatoms. The molecular weight excluding hydrogens is 479 g/mol. The number of nitrogens with one attached hydrogen (secondary N) is 1. The van der Waals surface area contributed by atoms with E-state index in [2.05, 4.69) is 11.4 Å². The zero-order chi connectivity index (χ0) is 24.3. The Hall–Kier alpha value is -2.54. The van der Waals surface area contributed by atoms with E-state index in [-0.39, 0.29) is 26.7 Å². The fraction of sp³-hybridized carbons (Fsp3) is 0.240. The van der Waals surface area contributed by atoms with Crippen LogP contribution in [-0.4, -0.2) is 20.9 Å². The molecule has 1 N–H and O–H groups in total. The van der Waals surface area contributed by atoms with Gasteiger partial charge in [-0.05, 0) is 80.3 Å². The highest BCUT2D eigenvalue weighted by atomic mass is 35.5.